The number of aromatic nitrogens is 1. The van der Waals surface area contributed by atoms with Crippen LogP contribution in [0.15, 0.2) is 48.4 Å². The zero-order valence-corrected chi connectivity index (χ0v) is 21.9. The first-order valence-electron chi connectivity index (χ1n) is 11.7. The number of amides is 1. The Morgan fingerprint density at radius 3 is 2.30 bits per heavy atom. The van der Waals surface area contributed by atoms with Gasteiger partial charge in [0, 0.05) is 24.4 Å². The third-order valence-electron chi connectivity index (χ3n) is 5.33. The highest BCUT2D eigenvalue weighted by molar-refractivity contribution is 6.05. The van der Waals surface area contributed by atoms with Gasteiger partial charge in [-0.05, 0) is 74.0 Å². The number of fused-ring (bicyclic) bond motifs is 1. The van der Waals surface area contributed by atoms with Gasteiger partial charge in [0.1, 0.15) is 22.8 Å². The van der Waals surface area contributed by atoms with Gasteiger partial charge in [-0.25, -0.2) is 9.59 Å². The molecule has 0 unspecified atom stereocenters. The van der Waals surface area contributed by atoms with Crippen molar-refractivity contribution in [1.29, 1.82) is 0 Å². The van der Waals surface area contributed by atoms with Crippen LogP contribution in [0.2, 0.25) is 0 Å². The molecule has 2 aromatic carbocycles. The van der Waals surface area contributed by atoms with Crippen LogP contribution < -0.4 is 14.8 Å². The Morgan fingerprint density at radius 1 is 1.05 bits per heavy atom. The van der Waals surface area contributed by atoms with Crippen molar-refractivity contribution in [3.63, 3.8) is 0 Å². The maximum absolute atomic E-state index is 12.2. The number of carbonyl (C=O) groups excluding carboxylic acids is 1. The first-order chi connectivity index (χ1) is 17.6. The fourth-order valence-corrected chi connectivity index (χ4v) is 3.81. The molecular formula is C28H32N2O7. The number of carbonyl (C=O) groups is 2. The Labute approximate surface area is 216 Å². The van der Waals surface area contributed by atoms with Crippen molar-refractivity contribution in [1.82, 2.24) is 10.3 Å². The molecule has 3 rings (SSSR count). The molecule has 0 radical (unpaired) electrons. The number of aliphatic carboxylic acids is 1. The lowest BCUT2D eigenvalue weighted by atomic mass is 9.94. The summed E-state index contributed by atoms with van der Waals surface area (Å²) in [6.07, 6.45) is 3.84. The van der Waals surface area contributed by atoms with Crippen molar-refractivity contribution in [2.24, 2.45) is 0 Å². The van der Waals surface area contributed by atoms with Crippen LogP contribution in [0.25, 0.3) is 28.0 Å². The quantitative estimate of drug-likeness (QED) is 0.369. The average Bonchev–Trinajstić information content (AvgIpc) is 2.85. The number of methoxy groups -OCH3 is 2. The third-order valence-corrected chi connectivity index (χ3v) is 5.33. The van der Waals surface area contributed by atoms with Gasteiger partial charge in [-0.1, -0.05) is 12.1 Å². The minimum atomic E-state index is -1.30. The molecule has 1 aromatic heterocycles. The van der Waals surface area contributed by atoms with E-state index in [4.69, 9.17) is 18.9 Å². The zero-order chi connectivity index (χ0) is 27.2. The molecule has 9 nitrogen and oxygen atoms in total. The van der Waals surface area contributed by atoms with Gasteiger partial charge in [-0.15, -0.1) is 0 Å². The van der Waals surface area contributed by atoms with E-state index in [1.165, 1.54) is 6.08 Å². The van der Waals surface area contributed by atoms with E-state index in [1.54, 1.807) is 59.5 Å². The Balaban J connectivity index is 2.15. The predicted molar refractivity (Wildman–Crippen MR) is 141 cm³/mol. The number of hydrogen-bond donors (Lipinski definition) is 2. The van der Waals surface area contributed by atoms with E-state index in [9.17, 15) is 14.7 Å². The van der Waals surface area contributed by atoms with Crippen molar-refractivity contribution in [2.45, 2.75) is 39.9 Å². The number of carboxylic acids is 1. The van der Waals surface area contributed by atoms with Gasteiger partial charge in [-0.2, -0.15) is 0 Å². The van der Waals surface area contributed by atoms with E-state index in [0.29, 0.717) is 30.3 Å². The highest BCUT2D eigenvalue weighted by Gasteiger charge is 2.21. The maximum atomic E-state index is 12.2. The smallest absolute Gasteiger partial charge is 0.412 e. The minimum absolute atomic E-state index is 0.324. The summed E-state index contributed by atoms with van der Waals surface area (Å²) >= 11 is 0. The normalized spacial score (nSPS) is 11.8. The monoisotopic (exact) mass is 508 g/mol. The number of carboxylic acid groups (broad SMARTS) is 1. The molecule has 1 heterocycles. The number of pyridine rings is 1. The van der Waals surface area contributed by atoms with Crippen LogP contribution in [0, 0.1) is 0 Å². The highest BCUT2D eigenvalue weighted by Crippen LogP contribution is 2.43. The van der Waals surface area contributed by atoms with E-state index in [0.717, 1.165) is 27.5 Å². The number of nitrogens with one attached hydrogen (secondary N) is 1. The molecule has 196 valence electrons. The van der Waals surface area contributed by atoms with Crippen molar-refractivity contribution >= 4 is 28.9 Å². The summed E-state index contributed by atoms with van der Waals surface area (Å²) in [7, 11) is 3.17. The number of hydrogen-bond acceptors (Lipinski definition) is 7. The molecule has 37 heavy (non-hydrogen) atoms. The number of ether oxygens (including phenoxy) is 4. The largest absolute Gasteiger partial charge is 0.496 e. The molecule has 0 spiro atoms. The average molecular weight is 509 g/mol. The molecule has 0 aliphatic rings. The molecule has 0 fully saturated rings. The summed E-state index contributed by atoms with van der Waals surface area (Å²) in [5, 5.41) is 13.5. The summed E-state index contributed by atoms with van der Waals surface area (Å²) in [4.78, 5) is 28.4. The van der Waals surface area contributed by atoms with E-state index in [2.05, 4.69) is 10.3 Å². The van der Waals surface area contributed by atoms with Crippen LogP contribution >= 0.6 is 0 Å². The van der Waals surface area contributed by atoms with Gasteiger partial charge < -0.3 is 24.1 Å². The topological polar surface area (TPSA) is 116 Å². The fraction of sp³-hybridized carbons (Fsp3) is 0.321. The van der Waals surface area contributed by atoms with Crippen LogP contribution in [-0.2, 0) is 20.9 Å². The van der Waals surface area contributed by atoms with Gasteiger partial charge >= 0.3 is 12.1 Å². The van der Waals surface area contributed by atoms with Crippen LogP contribution in [0.4, 0.5) is 4.79 Å². The second kappa shape index (κ2) is 11.7. The molecule has 1 amide bonds. The van der Waals surface area contributed by atoms with Crippen LogP contribution in [-0.4, -0.2) is 48.6 Å². The lowest BCUT2D eigenvalue weighted by molar-refractivity contribution is -0.133. The molecule has 3 aromatic rings. The van der Waals surface area contributed by atoms with Crippen LogP contribution in [0.1, 0.15) is 38.8 Å². The van der Waals surface area contributed by atoms with Gasteiger partial charge in [0.05, 0.1) is 26.4 Å². The zero-order valence-electron chi connectivity index (χ0n) is 21.9. The molecule has 2 N–H and O–H groups in total. The minimum Gasteiger partial charge on any atom is -0.496 e. The summed E-state index contributed by atoms with van der Waals surface area (Å²) in [6, 6.07) is 9.18. The molecule has 0 atom stereocenters. The summed E-state index contributed by atoms with van der Waals surface area (Å²) in [5.74, 6) is -0.106. The van der Waals surface area contributed by atoms with E-state index in [-0.39, 0.29) is 5.70 Å². The van der Waals surface area contributed by atoms with E-state index < -0.39 is 17.7 Å². The Kier molecular flexibility index (Phi) is 8.73. The highest BCUT2D eigenvalue weighted by atomic mass is 16.6. The molecule has 0 saturated heterocycles. The van der Waals surface area contributed by atoms with Crippen LogP contribution in [0.3, 0.4) is 0 Å². The first kappa shape index (κ1) is 27.5. The van der Waals surface area contributed by atoms with Gasteiger partial charge in [0.15, 0.2) is 0 Å². The molecule has 0 bridgehead atoms. The standard InChI is InChI=1S/C28H32N2O7/c1-7-36-16-17-12-23(34-5)25(24(13-17)35-6)20-9-8-18(19-10-11-29-15-21(19)20)14-22(26(31)32)30-27(33)37-28(2,3)4/h8-15H,7,16H2,1-6H3,(H,30,33)(H,31,32)/b22-14-. The third kappa shape index (κ3) is 6.77. The maximum Gasteiger partial charge on any atom is 0.412 e. The van der Waals surface area contributed by atoms with E-state index in [1.807, 2.05) is 25.1 Å². The lowest BCUT2D eigenvalue weighted by Crippen LogP contribution is -2.34. The molecule has 9 heteroatoms. The lowest BCUT2D eigenvalue weighted by Gasteiger charge is -2.20. The van der Waals surface area contributed by atoms with Crippen molar-refractivity contribution in [3.8, 4) is 22.6 Å². The number of alkyl carbamates (subject to hydrolysis) is 1. The summed E-state index contributed by atoms with van der Waals surface area (Å²) in [6.45, 7) is 8.01. The predicted octanol–water partition coefficient (Wildman–Crippen LogP) is 5.41. The summed E-state index contributed by atoms with van der Waals surface area (Å²) < 4.78 is 22.2. The van der Waals surface area contributed by atoms with Gasteiger partial charge in [-0.3, -0.25) is 10.3 Å². The summed E-state index contributed by atoms with van der Waals surface area (Å²) in [5.41, 5.74) is 1.89. The van der Waals surface area contributed by atoms with Crippen molar-refractivity contribution in [2.75, 3.05) is 20.8 Å². The van der Waals surface area contributed by atoms with Crippen molar-refractivity contribution in [3.05, 3.63) is 59.5 Å². The molecular weight excluding hydrogens is 476 g/mol. The molecule has 0 saturated carbocycles. The Morgan fingerprint density at radius 2 is 1.73 bits per heavy atom. The van der Waals surface area contributed by atoms with Gasteiger partial charge in [0.2, 0.25) is 0 Å². The Hall–Kier alpha value is -4.11. The first-order valence-corrected chi connectivity index (χ1v) is 11.7. The Bertz CT molecular complexity index is 1300. The van der Waals surface area contributed by atoms with E-state index >= 15 is 0 Å². The fourth-order valence-electron chi connectivity index (χ4n) is 3.81. The number of rotatable bonds is 9. The van der Waals surface area contributed by atoms with Gasteiger partial charge in [0.25, 0.3) is 0 Å². The van der Waals surface area contributed by atoms with Crippen LogP contribution in [0.5, 0.6) is 11.5 Å². The number of benzene rings is 2. The molecule has 0 aliphatic carbocycles. The van der Waals surface area contributed by atoms with Crippen molar-refractivity contribution < 1.29 is 33.6 Å². The second-order valence-corrected chi connectivity index (χ2v) is 9.13. The SMILES string of the molecule is CCOCc1cc(OC)c(-c2ccc(/C=C(\NC(=O)OC(C)(C)C)C(=O)O)c3ccncc23)c(OC)c1. The second-order valence-electron chi connectivity index (χ2n) is 9.13. The number of nitrogens with zero attached hydrogens (tertiary/aromatic N) is 1. The molecule has 0 aliphatic heterocycles.